The highest BCUT2D eigenvalue weighted by Gasteiger charge is 2.24. The number of rotatable bonds is 6. The van der Waals surface area contributed by atoms with E-state index in [1.165, 1.54) is 22.3 Å². The van der Waals surface area contributed by atoms with Crippen molar-refractivity contribution in [1.82, 2.24) is 9.97 Å². The summed E-state index contributed by atoms with van der Waals surface area (Å²) in [6.07, 6.45) is 0. The summed E-state index contributed by atoms with van der Waals surface area (Å²) in [6.45, 7) is 8.85. The molecular weight excluding hydrogens is 564 g/mol. The molecule has 0 saturated carbocycles. The molecule has 0 aliphatic heterocycles. The highest BCUT2D eigenvalue weighted by atomic mass is 16.1. The third-order valence-corrected chi connectivity index (χ3v) is 9.60. The van der Waals surface area contributed by atoms with E-state index in [0.29, 0.717) is 33.2 Å². The highest BCUT2D eigenvalue weighted by Crippen LogP contribution is 2.34. The Morgan fingerprint density at radius 2 is 0.739 bits per heavy atom. The third-order valence-electron chi connectivity index (χ3n) is 9.60. The van der Waals surface area contributed by atoms with Crippen molar-refractivity contribution in [2.24, 2.45) is 0 Å². The number of H-pyrrole nitrogens is 2. The zero-order valence-electron chi connectivity index (χ0n) is 26.5. The van der Waals surface area contributed by atoms with Crippen LogP contribution in [0.3, 0.4) is 0 Å². The van der Waals surface area contributed by atoms with Crippen LogP contribution in [-0.4, -0.2) is 9.97 Å². The maximum absolute atomic E-state index is 13.4. The van der Waals surface area contributed by atoms with Gasteiger partial charge in [-0.3, -0.25) is 9.59 Å². The summed E-state index contributed by atoms with van der Waals surface area (Å²) in [5.74, 6) is 0. The first-order valence-electron chi connectivity index (χ1n) is 15.7. The minimum absolute atomic E-state index is 0.0990. The molecule has 226 valence electrons. The van der Waals surface area contributed by atoms with Crippen LogP contribution in [0.2, 0.25) is 0 Å². The lowest BCUT2D eigenvalue weighted by molar-refractivity contribution is 0.641. The second-order valence-electron chi connectivity index (χ2n) is 13.2. The average Bonchev–Trinajstić information content (AvgIpc) is 3.08. The number of fused-ring (bicyclic) bond motifs is 2. The summed E-state index contributed by atoms with van der Waals surface area (Å²) >= 11 is 0. The molecule has 2 aromatic heterocycles. The molecule has 5 aromatic carbocycles. The van der Waals surface area contributed by atoms with Crippen LogP contribution < -0.4 is 10.9 Å². The van der Waals surface area contributed by atoms with Crippen molar-refractivity contribution in [1.29, 1.82) is 0 Å². The molecule has 4 heteroatoms. The molecule has 0 bridgehead atoms. The first-order valence-corrected chi connectivity index (χ1v) is 15.7. The van der Waals surface area contributed by atoms with Crippen LogP contribution in [0.15, 0.2) is 143 Å². The van der Waals surface area contributed by atoms with E-state index in [4.69, 9.17) is 0 Å². The van der Waals surface area contributed by atoms with E-state index < -0.39 is 0 Å². The number of nitrogens with one attached hydrogen (secondary N) is 2. The number of hydrogen-bond acceptors (Lipinski definition) is 2. The van der Waals surface area contributed by atoms with Gasteiger partial charge in [0.05, 0.1) is 11.0 Å². The maximum atomic E-state index is 13.4. The molecule has 0 aliphatic carbocycles. The fraction of sp³-hybridized carbons (Fsp3) is 0.143. The van der Waals surface area contributed by atoms with E-state index in [0.717, 1.165) is 11.1 Å². The molecule has 2 heterocycles. The van der Waals surface area contributed by atoms with Crippen LogP contribution in [0.4, 0.5) is 0 Å². The van der Waals surface area contributed by atoms with Crippen molar-refractivity contribution in [3.63, 3.8) is 0 Å². The Morgan fingerprint density at radius 1 is 0.413 bits per heavy atom. The van der Waals surface area contributed by atoms with Gasteiger partial charge < -0.3 is 9.97 Å². The summed E-state index contributed by atoms with van der Waals surface area (Å²) in [5, 5.41) is 1.07. The summed E-state index contributed by atoms with van der Waals surface area (Å²) in [7, 11) is 0. The molecule has 7 rings (SSSR count). The van der Waals surface area contributed by atoms with E-state index in [-0.39, 0.29) is 21.7 Å². The molecule has 0 atom stereocenters. The minimum Gasteiger partial charge on any atom is -0.354 e. The Labute approximate surface area is 268 Å². The monoisotopic (exact) mass is 600 g/mol. The van der Waals surface area contributed by atoms with E-state index in [1.807, 2.05) is 36.4 Å². The van der Waals surface area contributed by atoms with Gasteiger partial charge in [0.25, 0.3) is 0 Å². The second kappa shape index (κ2) is 11.1. The topological polar surface area (TPSA) is 65.7 Å². The Kier molecular flexibility index (Phi) is 7.09. The van der Waals surface area contributed by atoms with Crippen LogP contribution in [0.1, 0.15) is 49.9 Å². The van der Waals surface area contributed by atoms with Gasteiger partial charge in [0.2, 0.25) is 0 Å². The van der Waals surface area contributed by atoms with Crippen LogP contribution >= 0.6 is 0 Å². The summed E-state index contributed by atoms with van der Waals surface area (Å²) in [6, 6.07) is 44.4. The van der Waals surface area contributed by atoms with Crippen molar-refractivity contribution in [3.8, 4) is 22.5 Å². The molecule has 0 unspecified atom stereocenters. The van der Waals surface area contributed by atoms with Gasteiger partial charge in [0.15, 0.2) is 10.9 Å². The number of aromatic nitrogens is 2. The molecule has 0 spiro atoms. The predicted molar refractivity (Wildman–Crippen MR) is 191 cm³/mol. The molecule has 2 N–H and O–H groups in total. The molecular formula is C42H36N2O2. The number of benzene rings is 5. The first-order chi connectivity index (χ1) is 22.1. The van der Waals surface area contributed by atoms with Gasteiger partial charge in [-0.05, 0) is 45.5 Å². The number of pyridine rings is 2. The largest absolute Gasteiger partial charge is 0.354 e. The van der Waals surface area contributed by atoms with Crippen LogP contribution in [-0.2, 0) is 10.8 Å². The lowest BCUT2D eigenvalue weighted by Crippen LogP contribution is -2.18. The molecule has 46 heavy (non-hydrogen) atoms. The maximum Gasteiger partial charge on any atom is 0.190 e. The van der Waals surface area contributed by atoms with Gasteiger partial charge in [-0.25, -0.2) is 0 Å². The SMILES string of the molecule is CC(C)(c1ccccc1)c1ccc(-c2cc(=O)c3cc4[nH]c(-c5ccc(C(C)(C)c6ccccc6)cc5)cc(=O)c4cc3[nH]2)cc1. The smallest absolute Gasteiger partial charge is 0.190 e. The average molecular weight is 601 g/mol. The standard InChI is InChI=1S/C42H36N2O2/c1-41(2,29-11-7-5-8-12-29)31-19-15-27(16-20-31)35-25-39(45)33-24-38-34(23-37(33)43-35)40(46)26-36(44-38)28-17-21-32(22-18-28)42(3,4)30-13-9-6-10-14-30/h5-26H,1-4H3,(H,43,45)(H,44,46). The van der Waals surface area contributed by atoms with E-state index in [1.54, 1.807) is 24.3 Å². The Hall–Kier alpha value is -5.48. The lowest BCUT2D eigenvalue weighted by atomic mass is 9.78. The van der Waals surface area contributed by atoms with Gasteiger partial charge >= 0.3 is 0 Å². The van der Waals surface area contributed by atoms with Gasteiger partial charge in [-0.2, -0.15) is 0 Å². The van der Waals surface area contributed by atoms with Gasteiger partial charge in [-0.15, -0.1) is 0 Å². The van der Waals surface area contributed by atoms with Crippen molar-refractivity contribution < 1.29 is 0 Å². The molecule has 0 aliphatic rings. The fourth-order valence-corrected chi connectivity index (χ4v) is 6.48. The number of hydrogen-bond donors (Lipinski definition) is 2. The molecule has 7 aromatic rings. The van der Waals surface area contributed by atoms with Gasteiger partial charge in [0.1, 0.15) is 0 Å². The van der Waals surface area contributed by atoms with E-state index in [2.05, 4.69) is 110 Å². The van der Waals surface area contributed by atoms with Crippen LogP contribution in [0, 0.1) is 0 Å². The predicted octanol–water partition coefficient (Wildman–Crippen LogP) is 9.36. The highest BCUT2D eigenvalue weighted by molar-refractivity contribution is 5.96. The quantitative estimate of drug-likeness (QED) is 0.187. The van der Waals surface area contributed by atoms with Crippen LogP contribution in [0.25, 0.3) is 44.3 Å². The van der Waals surface area contributed by atoms with Crippen molar-refractivity contribution >= 4 is 21.8 Å². The molecule has 0 radical (unpaired) electrons. The normalized spacial score (nSPS) is 12.1. The van der Waals surface area contributed by atoms with Crippen molar-refractivity contribution in [2.45, 2.75) is 38.5 Å². The molecule has 0 saturated heterocycles. The fourth-order valence-electron chi connectivity index (χ4n) is 6.48. The minimum atomic E-state index is -0.157. The summed E-state index contributed by atoms with van der Waals surface area (Å²) < 4.78 is 0. The van der Waals surface area contributed by atoms with Gasteiger partial charge in [0, 0.05) is 45.1 Å². The Balaban J connectivity index is 1.22. The summed E-state index contributed by atoms with van der Waals surface area (Å²) in [4.78, 5) is 33.6. The second-order valence-corrected chi connectivity index (χ2v) is 13.2. The lowest BCUT2D eigenvalue weighted by Gasteiger charge is -2.26. The number of aromatic amines is 2. The van der Waals surface area contributed by atoms with E-state index >= 15 is 0 Å². The van der Waals surface area contributed by atoms with Crippen molar-refractivity contribution in [3.05, 3.63) is 176 Å². The van der Waals surface area contributed by atoms with Crippen LogP contribution in [0.5, 0.6) is 0 Å². The third kappa shape index (κ3) is 5.16. The van der Waals surface area contributed by atoms with Crippen molar-refractivity contribution in [2.75, 3.05) is 0 Å². The Morgan fingerprint density at radius 3 is 1.09 bits per heavy atom. The first kappa shape index (κ1) is 29.2. The van der Waals surface area contributed by atoms with Gasteiger partial charge in [-0.1, -0.05) is 137 Å². The summed E-state index contributed by atoms with van der Waals surface area (Å²) in [5.41, 5.74) is 8.87. The van der Waals surface area contributed by atoms with E-state index in [9.17, 15) is 9.59 Å². The Bertz CT molecular complexity index is 2140. The zero-order valence-corrected chi connectivity index (χ0v) is 26.5. The molecule has 0 amide bonds. The zero-order chi connectivity index (χ0) is 32.1. The molecule has 4 nitrogen and oxygen atoms in total. The molecule has 0 fully saturated rings.